The van der Waals surface area contributed by atoms with Crippen molar-refractivity contribution in [3.05, 3.63) is 12.7 Å². The van der Waals surface area contributed by atoms with Crippen LogP contribution in [-0.2, 0) is 0 Å². The quantitative estimate of drug-likeness (QED) is 0.392. The maximum Gasteiger partial charge on any atom is 0.0821 e. The average Bonchev–Trinajstić information content (AvgIpc) is 2.16. The van der Waals surface area contributed by atoms with E-state index in [0.717, 1.165) is 0 Å². The summed E-state index contributed by atoms with van der Waals surface area (Å²) in [7, 11) is 0. The first-order valence-electron chi connectivity index (χ1n) is 6.20. The third-order valence-electron chi connectivity index (χ3n) is 2.90. The van der Waals surface area contributed by atoms with Crippen molar-refractivity contribution in [3.8, 4) is 0 Å². The van der Waals surface area contributed by atoms with Crippen molar-refractivity contribution in [2.45, 2.75) is 46.5 Å². The third-order valence-corrected chi connectivity index (χ3v) is 2.90. The number of nitrogens with zero attached hydrogens (tertiary/aromatic N) is 1. The molecule has 0 saturated heterocycles. The van der Waals surface area contributed by atoms with Gasteiger partial charge in [0, 0.05) is 6.42 Å². The van der Waals surface area contributed by atoms with Gasteiger partial charge in [0.15, 0.2) is 0 Å². The predicted octanol–water partition coefficient (Wildman–Crippen LogP) is 3.61. The van der Waals surface area contributed by atoms with E-state index in [1.54, 1.807) is 0 Å². The van der Waals surface area contributed by atoms with Gasteiger partial charge < -0.3 is 4.48 Å². The Morgan fingerprint density at radius 1 is 0.857 bits per heavy atom. The number of rotatable bonds is 9. The zero-order chi connectivity index (χ0) is 10.9. The minimum atomic E-state index is 1.17. The molecular formula is C13H28N+. The smallest absolute Gasteiger partial charge is 0.0821 e. The lowest BCUT2D eigenvalue weighted by Crippen LogP contribution is -2.50. The van der Waals surface area contributed by atoms with E-state index >= 15 is 0 Å². The molecule has 0 N–H and O–H groups in total. The molecule has 0 heterocycles. The van der Waals surface area contributed by atoms with Gasteiger partial charge in [-0.25, -0.2) is 0 Å². The van der Waals surface area contributed by atoms with Gasteiger partial charge in [0.25, 0.3) is 0 Å². The van der Waals surface area contributed by atoms with Crippen molar-refractivity contribution in [1.29, 1.82) is 0 Å². The van der Waals surface area contributed by atoms with Crippen LogP contribution < -0.4 is 0 Å². The van der Waals surface area contributed by atoms with Gasteiger partial charge in [0.1, 0.15) is 0 Å². The van der Waals surface area contributed by atoms with Gasteiger partial charge in [-0.05, 0) is 19.3 Å². The maximum atomic E-state index is 3.83. The van der Waals surface area contributed by atoms with Gasteiger partial charge in [-0.3, -0.25) is 0 Å². The fraction of sp³-hybridized carbons (Fsp3) is 0.846. The Bertz CT molecular complexity index is 123. The van der Waals surface area contributed by atoms with Gasteiger partial charge in [0.2, 0.25) is 0 Å². The molecule has 0 bridgehead atoms. The first kappa shape index (κ1) is 13.7. The standard InChI is InChI=1S/C13H28N/c1-5-9-13-14(10-6-2,11-7-3)12-8-4/h5H,1,6-13H2,2-4H3/q+1. The van der Waals surface area contributed by atoms with Crippen LogP contribution in [0.1, 0.15) is 46.5 Å². The summed E-state index contributed by atoms with van der Waals surface area (Å²) in [6.45, 7) is 16.0. The van der Waals surface area contributed by atoms with Gasteiger partial charge in [-0.1, -0.05) is 26.8 Å². The molecule has 1 nitrogen and oxygen atoms in total. The van der Waals surface area contributed by atoms with E-state index in [1.807, 2.05) is 0 Å². The molecule has 0 unspecified atom stereocenters. The second kappa shape index (κ2) is 8.05. The predicted molar refractivity (Wildman–Crippen MR) is 65.4 cm³/mol. The van der Waals surface area contributed by atoms with Crippen molar-refractivity contribution in [3.63, 3.8) is 0 Å². The van der Waals surface area contributed by atoms with E-state index in [2.05, 4.69) is 33.4 Å². The molecular weight excluding hydrogens is 170 g/mol. The summed E-state index contributed by atoms with van der Waals surface area (Å²) in [5.74, 6) is 0. The minimum Gasteiger partial charge on any atom is -0.323 e. The fourth-order valence-corrected chi connectivity index (χ4v) is 2.46. The second-order valence-electron chi connectivity index (χ2n) is 4.31. The Morgan fingerprint density at radius 2 is 1.29 bits per heavy atom. The van der Waals surface area contributed by atoms with E-state index in [0.29, 0.717) is 0 Å². The van der Waals surface area contributed by atoms with Crippen LogP contribution in [0.4, 0.5) is 0 Å². The highest BCUT2D eigenvalue weighted by atomic mass is 15.3. The van der Waals surface area contributed by atoms with Crippen molar-refractivity contribution >= 4 is 0 Å². The summed E-state index contributed by atoms with van der Waals surface area (Å²) in [5.41, 5.74) is 0. The molecule has 0 radical (unpaired) electrons. The lowest BCUT2D eigenvalue weighted by Gasteiger charge is -2.38. The molecule has 1 heteroatoms. The summed E-state index contributed by atoms with van der Waals surface area (Å²) >= 11 is 0. The highest BCUT2D eigenvalue weighted by molar-refractivity contribution is 4.65. The topological polar surface area (TPSA) is 0 Å². The van der Waals surface area contributed by atoms with Crippen LogP contribution in [0.15, 0.2) is 12.7 Å². The van der Waals surface area contributed by atoms with Gasteiger partial charge in [0.05, 0.1) is 26.2 Å². The van der Waals surface area contributed by atoms with E-state index < -0.39 is 0 Å². The summed E-state index contributed by atoms with van der Waals surface area (Å²) in [6, 6.07) is 0. The molecule has 0 amide bonds. The zero-order valence-electron chi connectivity index (χ0n) is 10.4. The molecule has 0 aliphatic carbocycles. The molecule has 0 fully saturated rings. The molecule has 0 aromatic rings. The SMILES string of the molecule is C=CCC[N+](CCC)(CCC)CCC. The van der Waals surface area contributed by atoms with E-state index in [1.165, 1.54) is 56.3 Å². The maximum absolute atomic E-state index is 3.83. The average molecular weight is 198 g/mol. The Labute approximate surface area is 90.4 Å². The largest absolute Gasteiger partial charge is 0.323 e. The van der Waals surface area contributed by atoms with Crippen LogP contribution in [0.2, 0.25) is 0 Å². The molecule has 0 spiro atoms. The molecule has 0 aliphatic rings. The molecule has 0 aromatic heterocycles. The van der Waals surface area contributed by atoms with Crippen LogP contribution in [0.25, 0.3) is 0 Å². The number of quaternary nitrogens is 1. The monoisotopic (exact) mass is 198 g/mol. The Balaban J connectivity index is 4.28. The van der Waals surface area contributed by atoms with Crippen molar-refractivity contribution in [1.82, 2.24) is 0 Å². The highest BCUT2D eigenvalue weighted by Gasteiger charge is 2.22. The van der Waals surface area contributed by atoms with Crippen LogP contribution in [0.5, 0.6) is 0 Å². The van der Waals surface area contributed by atoms with E-state index in [-0.39, 0.29) is 0 Å². The first-order valence-corrected chi connectivity index (χ1v) is 6.20. The fourth-order valence-electron chi connectivity index (χ4n) is 2.46. The number of hydrogen-bond acceptors (Lipinski definition) is 0. The Hall–Kier alpha value is -0.300. The highest BCUT2D eigenvalue weighted by Crippen LogP contribution is 2.12. The Morgan fingerprint density at radius 3 is 1.57 bits per heavy atom. The second-order valence-corrected chi connectivity index (χ2v) is 4.31. The molecule has 14 heavy (non-hydrogen) atoms. The van der Waals surface area contributed by atoms with E-state index in [9.17, 15) is 0 Å². The summed E-state index contributed by atoms with van der Waals surface area (Å²) in [5, 5.41) is 0. The molecule has 0 rings (SSSR count). The molecule has 84 valence electrons. The van der Waals surface area contributed by atoms with Gasteiger partial charge >= 0.3 is 0 Å². The van der Waals surface area contributed by atoms with Crippen molar-refractivity contribution < 1.29 is 4.48 Å². The lowest BCUT2D eigenvalue weighted by atomic mass is 10.2. The third kappa shape index (κ3) is 4.80. The lowest BCUT2D eigenvalue weighted by molar-refractivity contribution is -0.928. The van der Waals surface area contributed by atoms with Crippen molar-refractivity contribution in [2.24, 2.45) is 0 Å². The van der Waals surface area contributed by atoms with Crippen LogP contribution in [0.3, 0.4) is 0 Å². The van der Waals surface area contributed by atoms with Crippen molar-refractivity contribution in [2.75, 3.05) is 26.2 Å². The summed E-state index contributed by atoms with van der Waals surface area (Å²) < 4.78 is 1.32. The van der Waals surface area contributed by atoms with E-state index in [4.69, 9.17) is 0 Å². The van der Waals surface area contributed by atoms with Crippen LogP contribution in [-0.4, -0.2) is 30.7 Å². The van der Waals surface area contributed by atoms with Crippen LogP contribution >= 0.6 is 0 Å². The minimum absolute atomic E-state index is 1.17. The molecule has 0 aromatic carbocycles. The molecule has 0 aliphatic heterocycles. The van der Waals surface area contributed by atoms with Gasteiger partial charge in [-0.2, -0.15) is 0 Å². The summed E-state index contributed by atoms with van der Waals surface area (Å²) in [6.07, 6.45) is 7.14. The number of hydrogen-bond donors (Lipinski definition) is 0. The zero-order valence-corrected chi connectivity index (χ0v) is 10.4. The van der Waals surface area contributed by atoms with Gasteiger partial charge in [-0.15, -0.1) is 6.58 Å². The molecule has 0 saturated carbocycles. The first-order chi connectivity index (χ1) is 6.74. The molecule has 0 atom stereocenters. The normalized spacial score (nSPS) is 11.6. The van der Waals surface area contributed by atoms with Crippen LogP contribution in [0, 0.1) is 0 Å². The summed E-state index contributed by atoms with van der Waals surface area (Å²) in [4.78, 5) is 0. The Kier molecular flexibility index (Phi) is 7.87.